The van der Waals surface area contributed by atoms with Crippen molar-refractivity contribution in [1.29, 1.82) is 0 Å². The van der Waals surface area contributed by atoms with Crippen LogP contribution in [-0.2, 0) is 23.7 Å². The lowest BCUT2D eigenvalue weighted by Gasteiger charge is -2.45. The molecule has 3 rings (SSSR count). The van der Waals surface area contributed by atoms with Gasteiger partial charge in [-0.2, -0.15) is 0 Å². The molecule has 0 unspecified atom stereocenters. The lowest BCUT2D eigenvalue weighted by Crippen LogP contribution is -2.64. The van der Waals surface area contributed by atoms with Gasteiger partial charge in [0.15, 0.2) is 12.6 Å². The Balaban J connectivity index is 1.66. The van der Waals surface area contributed by atoms with E-state index in [9.17, 15) is 45.6 Å². The first-order valence-corrected chi connectivity index (χ1v) is 10.4. The first kappa shape index (κ1) is 26.4. The van der Waals surface area contributed by atoms with Crippen LogP contribution < -0.4 is 0 Å². The van der Waals surface area contributed by atoms with Gasteiger partial charge in [0.2, 0.25) is 0 Å². The number of phenols is 1. The van der Waals surface area contributed by atoms with E-state index in [4.69, 9.17) is 18.9 Å². The molecule has 13 heteroatoms. The monoisotopic (exact) mass is 488 g/mol. The molecule has 0 amide bonds. The maximum atomic E-state index is 12.1. The molecule has 1 aromatic rings. The number of aliphatic hydroxyl groups is 7. The molecule has 13 nitrogen and oxygen atoms in total. The predicted octanol–water partition coefficient (Wildman–Crippen LogP) is -3.43. The minimum Gasteiger partial charge on any atom is -0.508 e. The van der Waals surface area contributed by atoms with E-state index in [1.54, 1.807) is 12.1 Å². The van der Waals surface area contributed by atoms with E-state index in [-0.39, 0.29) is 5.75 Å². The lowest BCUT2D eigenvalue weighted by atomic mass is 9.97. The fourth-order valence-corrected chi connectivity index (χ4v) is 3.52. The molecule has 0 radical (unpaired) electrons. The quantitative estimate of drug-likeness (QED) is 0.139. The van der Waals surface area contributed by atoms with Crippen molar-refractivity contribution in [1.82, 2.24) is 0 Å². The third-order valence-electron chi connectivity index (χ3n) is 5.49. The highest BCUT2D eigenvalue weighted by molar-refractivity contribution is 5.87. The van der Waals surface area contributed by atoms with Gasteiger partial charge >= 0.3 is 5.97 Å². The van der Waals surface area contributed by atoms with Gasteiger partial charge in [-0.05, 0) is 23.8 Å². The van der Waals surface area contributed by atoms with E-state index in [0.29, 0.717) is 5.56 Å². The summed E-state index contributed by atoms with van der Waals surface area (Å²) in [6, 6.07) is 5.97. The largest absolute Gasteiger partial charge is 0.508 e. The molecule has 0 spiro atoms. The molecule has 34 heavy (non-hydrogen) atoms. The fourth-order valence-electron chi connectivity index (χ4n) is 3.52. The molecule has 2 saturated heterocycles. The van der Waals surface area contributed by atoms with Crippen molar-refractivity contribution >= 4 is 12.0 Å². The van der Waals surface area contributed by atoms with E-state index < -0.39 is 80.6 Å². The Morgan fingerprint density at radius 2 is 1.56 bits per heavy atom. The van der Waals surface area contributed by atoms with Crippen LogP contribution in [0.2, 0.25) is 0 Å². The third-order valence-corrected chi connectivity index (χ3v) is 5.49. The van der Waals surface area contributed by atoms with Gasteiger partial charge < -0.3 is 59.8 Å². The van der Waals surface area contributed by atoms with Gasteiger partial charge in [-0.1, -0.05) is 12.1 Å². The third kappa shape index (κ3) is 6.09. The number of esters is 1. The summed E-state index contributed by atoms with van der Waals surface area (Å²) in [5.41, 5.74) is 0.599. The number of aromatic hydroxyl groups is 1. The number of rotatable bonds is 7. The summed E-state index contributed by atoms with van der Waals surface area (Å²) in [5.74, 6) is -0.766. The van der Waals surface area contributed by atoms with Crippen LogP contribution in [0.3, 0.4) is 0 Å². The first-order valence-electron chi connectivity index (χ1n) is 10.4. The number of carbonyl (C=O) groups excluding carboxylic acids is 1. The predicted molar refractivity (Wildman–Crippen MR) is 110 cm³/mol. The van der Waals surface area contributed by atoms with E-state index >= 15 is 0 Å². The maximum Gasteiger partial charge on any atom is 0.330 e. The van der Waals surface area contributed by atoms with Crippen molar-refractivity contribution in [3.8, 4) is 5.75 Å². The normalized spacial score (nSPS) is 38.7. The van der Waals surface area contributed by atoms with Crippen LogP contribution in [0.1, 0.15) is 5.56 Å². The number of hydrogen-bond acceptors (Lipinski definition) is 13. The van der Waals surface area contributed by atoms with Crippen LogP contribution in [0.5, 0.6) is 5.75 Å². The summed E-state index contributed by atoms with van der Waals surface area (Å²) >= 11 is 0. The van der Waals surface area contributed by atoms with Gasteiger partial charge in [0.05, 0.1) is 6.61 Å². The van der Waals surface area contributed by atoms with Crippen LogP contribution >= 0.6 is 0 Å². The summed E-state index contributed by atoms with van der Waals surface area (Å²) in [6.07, 6.45) is -14.0. The minimum atomic E-state index is -1.85. The number of aliphatic hydroxyl groups excluding tert-OH is 7. The average molecular weight is 488 g/mol. The number of ether oxygens (including phenoxy) is 4. The van der Waals surface area contributed by atoms with Gasteiger partial charge in [-0.15, -0.1) is 0 Å². The second kappa shape index (κ2) is 11.5. The SMILES string of the molecule is O=C(/C=C/c1ccc(O)cc1)OC[C@H]1O[C@@H](O)[C@H](O)[C@@H](O)[C@@H]1O[C@@H]1O[C@H](CO)[C@@H](O)[C@H](O)[C@H]1O. The number of hydrogen-bond donors (Lipinski definition) is 8. The molecule has 0 aromatic heterocycles. The molecule has 0 bridgehead atoms. The van der Waals surface area contributed by atoms with E-state index in [1.807, 2.05) is 0 Å². The highest BCUT2D eigenvalue weighted by atomic mass is 16.7. The molecule has 10 atom stereocenters. The molecule has 0 saturated carbocycles. The molecule has 2 fully saturated rings. The van der Waals surface area contributed by atoms with Crippen LogP contribution in [0.4, 0.5) is 0 Å². The molecule has 2 heterocycles. The summed E-state index contributed by atoms with van der Waals surface area (Å²) in [5, 5.41) is 78.7. The summed E-state index contributed by atoms with van der Waals surface area (Å²) in [6.45, 7) is -1.27. The Morgan fingerprint density at radius 1 is 0.882 bits per heavy atom. The van der Waals surface area contributed by atoms with Crippen molar-refractivity contribution < 1.29 is 64.6 Å². The Kier molecular flexibility index (Phi) is 8.95. The maximum absolute atomic E-state index is 12.1. The fraction of sp³-hybridized carbons (Fsp3) is 0.571. The molecule has 190 valence electrons. The van der Waals surface area contributed by atoms with Crippen molar-refractivity contribution in [3.05, 3.63) is 35.9 Å². The molecular weight excluding hydrogens is 460 g/mol. The van der Waals surface area contributed by atoms with E-state index in [1.165, 1.54) is 18.2 Å². The summed E-state index contributed by atoms with van der Waals surface area (Å²) < 4.78 is 21.0. The zero-order valence-corrected chi connectivity index (χ0v) is 17.8. The number of carbonyl (C=O) groups is 1. The lowest BCUT2D eigenvalue weighted by molar-refractivity contribution is -0.355. The Bertz CT molecular complexity index is 828. The standard InChI is InChI=1S/C21H28O13/c22-7-11-14(25)15(26)18(29)21(33-11)34-19-12(32-20(30)17(28)16(19)27)8-31-13(24)6-3-9-1-4-10(23)5-2-9/h1-6,11-12,14-23,25-30H,7-8H2/b6-3+/t11-,12-,14-,15+,16-,17-,18-,19-,20-,21+/m1/s1. The van der Waals surface area contributed by atoms with Gasteiger partial charge in [0.25, 0.3) is 0 Å². The average Bonchev–Trinajstić information content (AvgIpc) is 2.82. The van der Waals surface area contributed by atoms with Crippen molar-refractivity contribution in [2.24, 2.45) is 0 Å². The Morgan fingerprint density at radius 3 is 2.21 bits per heavy atom. The van der Waals surface area contributed by atoms with Crippen molar-refractivity contribution in [2.45, 2.75) is 61.4 Å². The van der Waals surface area contributed by atoms with E-state index in [0.717, 1.165) is 6.08 Å². The number of benzene rings is 1. The number of phenolic OH excluding ortho intramolecular Hbond substituents is 1. The summed E-state index contributed by atoms with van der Waals surface area (Å²) in [7, 11) is 0. The van der Waals surface area contributed by atoms with Crippen molar-refractivity contribution in [3.63, 3.8) is 0 Å². The minimum absolute atomic E-state index is 0.0546. The van der Waals surface area contributed by atoms with E-state index in [2.05, 4.69) is 0 Å². The molecule has 2 aliphatic heterocycles. The Hall–Kier alpha value is -2.17. The van der Waals surface area contributed by atoms with Crippen LogP contribution in [0.25, 0.3) is 6.08 Å². The summed E-state index contributed by atoms with van der Waals surface area (Å²) in [4.78, 5) is 12.1. The van der Waals surface area contributed by atoms with Gasteiger partial charge in [0.1, 0.15) is 61.2 Å². The van der Waals surface area contributed by atoms with Crippen LogP contribution in [-0.4, -0.2) is 121 Å². The molecule has 0 aliphatic carbocycles. The van der Waals surface area contributed by atoms with Crippen LogP contribution in [0.15, 0.2) is 30.3 Å². The molecule has 8 N–H and O–H groups in total. The topological polar surface area (TPSA) is 216 Å². The second-order valence-electron chi connectivity index (χ2n) is 7.90. The highest BCUT2D eigenvalue weighted by Crippen LogP contribution is 2.29. The highest BCUT2D eigenvalue weighted by Gasteiger charge is 2.50. The molecule has 2 aliphatic rings. The zero-order valence-electron chi connectivity index (χ0n) is 17.8. The van der Waals surface area contributed by atoms with Gasteiger partial charge in [-0.25, -0.2) is 4.79 Å². The molecule has 1 aromatic carbocycles. The van der Waals surface area contributed by atoms with Gasteiger partial charge in [-0.3, -0.25) is 0 Å². The van der Waals surface area contributed by atoms with Crippen molar-refractivity contribution in [2.75, 3.05) is 13.2 Å². The second-order valence-corrected chi connectivity index (χ2v) is 7.90. The Labute approximate surface area is 193 Å². The molecular formula is C21H28O13. The van der Waals surface area contributed by atoms with Crippen LogP contribution in [0, 0.1) is 0 Å². The van der Waals surface area contributed by atoms with Gasteiger partial charge in [0, 0.05) is 6.08 Å². The zero-order chi connectivity index (χ0) is 25.0. The first-order chi connectivity index (χ1) is 16.1. The smallest absolute Gasteiger partial charge is 0.330 e.